The topological polar surface area (TPSA) is 36.9 Å². The zero-order valence-corrected chi connectivity index (χ0v) is 14.9. The third kappa shape index (κ3) is 2.91. The van der Waals surface area contributed by atoms with Gasteiger partial charge in [-0.2, -0.15) is 0 Å². The molecule has 0 saturated carbocycles. The minimum absolute atomic E-state index is 0.000822. The lowest BCUT2D eigenvalue weighted by Crippen LogP contribution is -2.42. The van der Waals surface area contributed by atoms with Gasteiger partial charge in [-0.25, -0.2) is 0 Å². The average Bonchev–Trinajstić information content (AvgIpc) is 3.33. The maximum Gasteiger partial charge on any atom is 0.602 e. The first-order valence-electron chi connectivity index (χ1n) is 9.19. The zero-order valence-electron chi connectivity index (χ0n) is 14.9. The van der Waals surface area contributed by atoms with Crippen molar-refractivity contribution in [3.8, 4) is 23.0 Å². The molecule has 6 heteroatoms. The first-order chi connectivity index (χ1) is 13.3. The molecule has 0 aromatic heterocycles. The molecule has 2 atom stereocenters. The Morgan fingerprint density at radius 3 is 1.44 bits per heavy atom. The van der Waals surface area contributed by atoms with Crippen LogP contribution < -0.4 is 18.6 Å². The summed E-state index contributed by atoms with van der Waals surface area (Å²) < 4.78 is 24.4. The Labute approximate surface area is 159 Å². The third-order valence-electron chi connectivity index (χ3n) is 5.14. The SMILES string of the molecule is C[C@@H](B1Oc2ccccc2O1)[C@H](B1Oc2ccccc2O1)c1ccccc1. The van der Waals surface area contributed by atoms with Gasteiger partial charge in [0.25, 0.3) is 0 Å². The quantitative estimate of drug-likeness (QED) is 0.640. The van der Waals surface area contributed by atoms with Gasteiger partial charge in [0.1, 0.15) is 23.0 Å². The minimum atomic E-state index is -0.435. The van der Waals surface area contributed by atoms with Gasteiger partial charge in [0.2, 0.25) is 0 Å². The van der Waals surface area contributed by atoms with Crippen LogP contribution in [0.5, 0.6) is 23.0 Å². The van der Waals surface area contributed by atoms with Crippen LogP contribution >= 0.6 is 0 Å². The molecule has 0 N–H and O–H groups in total. The van der Waals surface area contributed by atoms with Crippen LogP contribution in [-0.2, 0) is 0 Å². The fourth-order valence-electron chi connectivity index (χ4n) is 3.75. The molecule has 0 saturated heterocycles. The predicted octanol–water partition coefficient (Wildman–Crippen LogP) is 4.62. The highest BCUT2D eigenvalue weighted by Gasteiger charge is 2.51. The Morgan fingerprint density at radius 1 is 0.556 bits per heavy atom. The predicted molar refractivity (Wildman–Crippen MR) is 106 cm³/mol. The van der Waals surface area contributed by atoms with Crippen molar-refractivity contribution in [2.75, 3.05) is 0 Å². The molecule has 2 aliphatic rings. The highest BCUT2D eigenvalue weighted by atomic mass is 16.6. The van der Waals surface area contributed by atoms with Crippen molar-refractivity contribution in [1.29, 1.82) is 0 Å². The summed E-state index contributed by atoms with van der Waals surface area (Å²) in [5.74, 6) is 3.03. The van der Waals surface area contributed by atoms with Gasteiger partial charge in [0, 0.05) is 5.82 Å². The van der Waals surface area contributed by atoms with E-state index in [2.05, 4.69) is 19.1 Å². The lowest BCUT2D eigenvalue weighted by Gasteiger charge is -2.25. The van der Waals surface area contributed by atoms with E-state index < -0.39 is 14.2 Å². The maximum absolute atomic E-state index is 6.15. The van der Waals surface area contributed by atoms with Gasteiger partial charge in [-0.15, -0.1) is 0 Å². The van der Waals surface area contributed by atoms with E-state index in [1.165, 1.54) is 0 Å². The molecule has 0 spiro atoms. The molecular formula is C21H18B2O4. The van der Waals surface area contributed by atoms with Crippen molar-refractivity contribution in [2.24, 2.45) is 0 Å². The lowest BCUT2D eigenvalue weighted by atomic mass is 9.52. The molecule has 0 aliphatic carbocycles. The molecule has 27 heavy (non-hydrogen) atoms. The Balaban J connectivity index is 1.45. The number of para-hydroxylation sites is 4. The fraction of sp³-hybridized carbons (Fsp3) is 0.143. The molecule has 0 radical (unpaired) electrons. The molecule has 0 fully saturated rings. The summed E-state index contributed by atoms with van der Waals surface area (Å²) in [4.78, 5) is 0. The Bertz CT molecular complexity index is 900. The van der Waals surface area contributed by atoms with Crippen molar-refractivity contribution >= 4 is 14.2 Å². The van der Waals surface area contributed by atoms with Crippen LogP contribution in [0.15, 0.2) is 78.9 Å². The van der Waals surface area contributed by atoms with E-state index >= 15 is 0 Å². The van der Waals surface area contributed by atoms with Gasteiger partial charge in [-0.1, -0.05) is 61.5 Å². The van der Waals surface area contributed by atoms with E-state index in [0.717, 1.165) is 28.6 Å². The summed E-state index contributed by atoms with van der Waals surface area (Å²) in [5.41, 5.74) is 1.13. The first-order valence-corrected chi connectivity index (χ1v) is 9.19. The summed E-state index contributed by atoms with van der Waals surface area (Å²) in [6.45, 7) is 2.12. The minimum Gasteiger partial charge on any atom is -0.523 e. The molecule has 132 valence electrons. The highest BCUT2D eigenvalue weighted by Crippen LogP contribution is 2.44. The van der Waals surface area contributed by atoms with E-state index in [1.54, 1.807) is 0 Å². The molecule has 2 heterocycles. The first kappa shape index (κ1) is 16.2. The van der Waals surface area contributed by atoms with E-state index in [1.807, 2.05) is 66.7 Å². The van der Waals surface area contributed by atoms with Crippen molar-refractivity contribution in [2.45, 2.75) is 18.6 Å². The normalized spacial score (nSPS) is 16.3. The van der Waals surface area contributed by atoms with Crippen LogP contribution in [0.1, 0.15) is 18.3 Å². The van der Waals surface area contributed by atoms with Gasteiger partial charge in [-0.3, -0.25) is 0 Å². The number of hydrogen-bond donors (Lipinski definition) is 0. The largest absolute Gasteiger partial charge is 0.602 e. The van der Waals surface area contributed by atoms with Gasteiger partial charge in [0.05, 0.1) is 5.82 Å². The zero-order chi connectivity index (χ0) is 18.2. The highest BCUT2D eigenvalue weighted by molar-refractivity contribution is 6.56. The number of rotatable bonds is 4. The van der Waals surface area contributed by atoms with Crippen molar-refractivity contribution in [3.05, 3.63) is 84.4 Å². The van der Waals surface area contributed by atoms with Crippen LogP contribution in [0.25, 0.3) is 0 Å². The molecule has 5 rings (SSSR count). The summed E-state index contributed by atoms with van der Waals surface area (Å²) >= 11 is 0. The van der Waals surface area contributed by atoms with Crippen molar-refractivity contribution in [1.82, 2.24) is 0 Å². The van der Waals surface area contributed by atoms with E-state index in [9.17, 15) is 0 Å². The standard InChI is InChI=1S/C21H18B2O4/c1-15(22-24-17-11-5-6-12-18(17)25-22)21(16-9-3-2-4-10-16)23-26-19-13-7-8-14-20(19)27-23/h2-15,21H,1H3/t15-,21+/m1/s1. The Hall–Kier alpha value is -3.01. The van der Waals surface area contributed by atoms with Crippen molar-refractivity contribution in [3.63, 3.8) is 0 Å². The number of benzene rings is 3. The molecule has 0 bridgehead atoms. The second kappa shape index (κ2) is 6.62. The van der Waals surface area contributed by atoms with E-state index in [4.69, 9.17) is 18.6 Å². The van der Waals surface area contributed by atoms with Gasteiger partial charge in [-0.05, 0) is 29.8 Å². The molecular weight excluding hydrogens is 338 g/mol. The maximum atomic E-state index is 6.15. The Kier molecular flexibility index (Phi) is 3.97. The second-order valence-electron chi connectivity index (χ2n) is 6.90. The van der Waals surface area contributed by atoms with Crippen LogP contribution in [0, 0.1) is 0 Å². The Morgan fingerprint density at radius 2 is 0.963 bits per heavy atom. The van der Waals surface area contributed by atoms with Crippen LogP contribution in [-0.4, -0.2) is 14.2 Å². The van der Waals surface area contributed by atoms with Crippen molar-refractivity contribution < 1.29 is 18.6 Å². The average molecular weight is 356 g/mol. The summed E-state index contributed by atoms with van der Waals surface area (Å²) in [6.07, 6.45) is 0. The van der Waals surface area contributed by atoms with Gasteiger partial charge >= 0.3 is 14.2 Å². The second-order valence-corrected chi connectivity index (χ2v) is 6.90. The molecule has 3 aromatic carbocycles. The van der Waals surface area contributed by atoms with E-state index in [-0.39, 0.29) is 11.6 Å². The molecule has 0 amide bonds. The number of fused-ring (bicyclic) bond motifs is 2. The molecule has 2 aliphatic heterocycles. The molecule has 0 unspecified atom stereocenters. The van der Waals surface area contributed by atoms with Gasteiger partial charge in [0.15, 0.2) is 0 Å². The third-order valence-corrected chi connectivity index (χ3v) is 5.14. The fourth-order valence-corrected chi connectivity index (χ4v) is 3.75. The number of hydrogen-bond acceptors (Lipinski definition) is 4. The summed E-state index contributed by atoms with van der Waals surface area (Å²) in [6, 6.07) is 25.8. The smallest absolute Gasteiger partial charge is 0.523 e. The van der Waals surface area contributed by atoms with Crippen LogP contribution in [0.4, 0.5) is 0 Å². The van der Waals surface area contributed by atoms with Crippen LogP contribution in [0.3, 0.4) is 0 Å². The lowest BCUT2D eigenvalue weighted by molar-refractivity contribution is 0.434. The summed E-state index contributed by atoms with van der Waals surface area (Å²) in [7, 11) is -0.834. The molecule has 3 aromatic rings. The summed E-state index contributed by atoms with van der Waals surface area (Å²) in [5, 5.41) is 0. The molecule has 4 nitrogen and oxygen atoms in total. The van der Waals surface area contributed by atoms with E-state index in [0.29, 0.717) is 0 Å². The monoisotopic (exact) mass is 356 g/mol. The van der Waals surface area contributed by atoms with Crippen LogP contribution in [0.2, 0.25) is 5.82 Å². The van der Waals surface area contributed by atoms with Gasteiger partial charge < -0.3 is 18.6 Å².